The molecule has 2 aromatic heterocycles. The number of hydrogen-bond acceptors (Lipinski definition) is 2. The lowest BCUT2D eigenvalue weighted by molar-refractivity contribution is 0.590. The number of aromatic nitrogens is 2. The molecule has 4 nitrogen and oxygen atoms in total. The Hall–Kier alpha value is -8.28. The van der Waals surface area contributed by atoms with Crippen molar-refractivity contribution in [3.63, 3.8) is 0 Å². The van der Waals surface area contributed by atoms with Crippen molar-refractivity contribution >= 4 is 112 Å². The van der Waals surface area contributed by atoms with Crippen LogP contribution in [-0.4, -0.2) is 15.8 Å². The maximum atomic E-state index is 11.2. The second-order valence-electron chi connectivity index (χ2n) is 22.1. The van der Waals surface area contributed by atoms with Crippen molar-refractivity contribution in [2.75, 3.05) is 9.80 Å². The third-order valence-corrected chi connectivity index (χ3v) is 14.2. The standard InChI is InChI=1S/C70H59BN4/c1-68(2,3)46-28-34-58-53(37-46)54-38-47(69(4,5)6)29-35-59(54)73(58)50-32-33-55-62(41-50)72(49-30-26-43(27-31-49)45-25-24-42-16-10-11-17-44(42)36-45)63-39-48(70(7,8)9)40-64-65(63)71(55)56-20-15-23-61-67(56)75(64)60-22-14-19-52-51-18-12-13-21-57(51)74(61)66(52)60/h10-41H,1-9H3/i10D,11D,12D,13D,14D,15D,16D,17D,18D,19D,20D,21D,22D,23D,24D,25D,26D,27D,28D,29D,30D,31D,32D,33D,34D,35D,36D,37D,38D,39D,40D,41D. The van der Waals surface area contributed by atoms with E-state index in [9.17, 15) is 34.3 Å². The zero-order valence-electron chi connectivity index (χ0n) is 73.9. The van der Waals surface area contributed by atoms with Gasteiger partial charge in [-0.05, 0) is 156 Å². The molecule has 0 N–H and O–H groups in total. The van der Waals surface area contributed by atoms with E-state index in [0.29, 0.717) is 0 Å². The van der Waals surface area contributed by atoms with Crippen LogP contribution in [0.5, 0.6) is 0 Å². The van der Waals surface area contributed by atoms with E-state index in [2.05, 4.69) is 0 Å². The summed E-state index contributed by atoms with van der Waals surface area (Å²) in [5, 5.41) is -2.42. The number of nitrogens with zero attached hydrogens (tertiary/aromatic N) is 4. The molecule has 0 bridgehead atoms. The van der Waals surface area contributed by atoms with Crippen LogP contribution in [0.25, 0.3) is 76.9 Å². The maximum absolute atomic E-state index is 11.2. The number of hydrogen-bond donors (Lipinski definition) is 0. The van der Waals surface area contributed by atoms with E-state index < -0.39 is 317 Å². The van der Waals surface area contributed by atoms with Gasteiger partial charge in [0.15, 0.2) is 0 Å². The van der Waals surface area contributed by atoms with Gasteiger partial charge in [0, 0.05) is 50.0 Å². The highest BCUT2D eigenvalue weighted by molar-refractivity contribution is 7.00. The highest BCUT2D eigenvalue weighted by Crippen LogP contribution is 2.53. The van der Waals surface area contributed by atoms with Crippen molar-refractivity contribution in [3.05, 3.63) is 210 Å². The lowest BCUT2D eigenvalue weighted by Crippen LogP contribution is -2.62. The van der Waals surface area contributed by atoms with Crippen molar-refractivity contribution in [1.29, 1.82) is 0 Å². The first-order valence-corrected chi connectivity index (χ1v) is 24.3. The molecular formula is C70H59BN4. The molecule has 5 heterocycles. The van der Waals surface area contributed by atoms with Crippen LogP contribution in [0.1, 0.15) is 123 Å². The van der Waals surface area contributed by atoms with Crippen molar-refractivity contribution in [1.82, 2.24) is 9.13 Å². The average molecular weight is 999 g/mol. The number of fused-ring (bicyclic) bond motifs is 13. The first-order valence-electron chi connectivity index (χ1n) is 40.3. The number of rotatable bonds is 3. The molecule has 12 aromatic rings. The van der Waals surface area contributed by atoms with Crippen LogP contribution in [-0.2, 0) is 16.2 Å². The molecule has 0 fully saturated rings. The van der Waals surface area contributed by atoms with E-state index >= 15 is 0 Å². The maximum Gasteiger partial charge on any atom is 0.252 e. The zero-order chi connectivity index (χ0) is 78.9. The van der Waals surface area contributed by atoms with Crippen molar-refractivity contribution in [2.24, 2.45) is 0 Å². The van der Waals surface area contributed by atoms with Gasteiger partial charge in [0.05, 0.1) is 83.0 Å². The van der Waals surface area contributed by atoms with E-state index in [4.69, 9.17) is 9.60 Å². The molecule has 3 aliphatic rings. The number of benzene rings is 10. The van der Waals surface area contributed by atoms with Crippen LogP contribution in [0.15, 0.2) is 193 Å². The summed E-state index contributed by atoms with van der Waals surface area (Å²) < 4.78 is 315. The second-order valence-corrected chi connectivity index (χ2v) is 22.1. The van der Waals surface area contributed by atoms with E-state index in [1.165, 1.54) is 4.90 Å². The van der Waals surface area contributed by atoms with Gasteiger partial charge in [-0.2, -0.15) is 0 Å². The monoisotopic (exact) mass is 999 g/mol. The third kappa shape index (κ3) is 6.31. The second kappa shape index (κ2) is 15.2. The van der Waals surface area contributed by atoms with Crippen molar-refractivity contribution < 1.29 is 43.9 Å². The summed E-state index contributed by atoms with van der Waals surface area (Å²) in [6, 6.07) is -26.4. The molecule has 0 spiro atoms. The highest BCUT2D eigenvalue weighted by atomic mass is 15.2. The van der Waals surface area contributed by atoms with Gasteiger partial charge in [-0.3, -0.25) is 0 Å². The van der Waals surface area contributed by atoms with Crippen molar-refractivity contribution in [2.45, 2.75) is 78.6 Å². The largest absolute Gasteiger partial charge is 0.311 e. The molecule has 5 heteroatoms. The van der Waals surface area contributed by atoms with Crippen LogP contribution < -0.4 is 26.2 Å². The number of para-hydroxylation sites is 3. The minimum atomic E-state index is -2.04. The van der Waals surface area contributed by atoms with E-state index in [-0.39, 0.29) is 43.8 Å². The van der Waals surface area contributed by atoms with Crippen molar-refractivity contribution in [3.8, 4) is 22.5 Å². The van der Waals surface area contributed by atoms with Crippen LogP contribution in [0.2, 0.25) is 0 Å². The van der Waals surface area contributed by atoms with Gasteiger partial charge in [0.2, 0.25) is 0 Å². The van der Waals surface area contributed by atoms with Gasteiger partial charge in [-0.15, -0.1) is 0 Å². The fraction of sp³-hybridized carbons (Fsp3) is 0.171. The van der Waals surface area contributed by atoms with Crippen LogP contribution >= 0.6 is 0 Å². The third-order valence-electron chi connectivity index (χ3n) is 14.2. The molecule has 362 valence electrons. The molecular weight excluding hydrogens is 908 g/mol. The van der Waals surface area contributed by atoms with Gasteiger partial charge < -0.3 is 18.9 Å². The van der Waals surface area contributed by atoms with Gasteiger partial charge in [0.1, 0.15) is 0 Å². The predicted molar refractivity (Wildman–Crippen MR) is 322 cm³/mol. The lowest BCUT2D eigenvalue weighted by atomic mass is 9.33. The Morgan fingerprint density at radius 1 is 0.360 bits per heavy atom. The summed E-state index contributed by atoms with van der Waals surface area (Å²) in [5.41, 5.74) is -13.7. The Morgan fingerprint density at radius 3 is 1.65 bits per heavy atom. The van der Waals surface area contributed by atoms with Gasteiger partial charge in [-0.1, -0.05) is 171 Å². The fourth-order valence-electron chi connectivity index (χ4n) is 10.5. The highest BCUT2D eigenvalue weighted by Gasteiger charge is 2.47. The molecule has 0 radical (unpaired) electrons. The summed E-state index contributed by atoms with van der Waals surface area (Å²) in [5.74, 6) is 0. The Kier molecular flexibility index (Phi) is 4.59. The Balaban J connectivity index is 1.22. The Labute approximate surface area is 485 Å². The quantitative estimate of drug-likeness (QED) is 0.164. The van der Waals surface area contributed by atoms with E-state index in [0.717, 1.165) is 14.0 Å². The Bertz CT molecular complexity index is 6250. The summed E-state index contributed by atoms with van der Waals surface area (Å²) in [6.45, 7) is 12.8. The van der Waals surface area contributed by atoms with Crippen LogP contribution in [0.3, 0.4) is 0 Å². The molecule has 0 saturated heterocycles. The van der Waals surface area contributed by atoms with Gasteiger partial charge in [0.25, 0.3) is 6.71 Å². The van der Waals surface area contributed by atoms with E-state index in [1.54, 1.807) is 62.3 Å². The number of anilines is 6. The summed E-state index contributed by atoms with van der Waals surface area (Å²) in [4.78, 5) is 2.02. The smallest absolute Gasteiger partial charge is 0.252 e. The van der Waals surface area contributed by atoms with Crippen LogP contribution in [0.4, 0.5) is 34.1 Å². The SMILES string of the molecule is [2H]c1c([2H])c2c3c(c1[2H])-n1c4c([2H])c([2H])c([2H])c([2H])c4c4c([2H])c([2H])c([2H])c(c41)N3c1c([2H])c(C(C)(C)C)c([2H])c3c1B2c1c([2H])c([2H])c(-n2c4c([2H])c([2H])c(C(C)(C)C)c([2H])c4c4c([2H])c(C(C)(C)C)c([2H])c([2H])c42)c([2H])c1N3c1c([2H])c([2H])c(-c2c([2H])c([2H])c3c([2H])c([2H])c([2H])c([2H])c3c2[2H])c([2H])c1[2H]. The molecule has 3 aliphatic heterocycles. The minimum Gasteiger partial charge on any atom is -0.311 e. The predicted octanol–water partition coefficient (Wildman–Crippen LogP) is 17.0. The first kappa shape index (κ1) is 22.7. The van der Waals surface area contributed by atoms with Crippen LogP contribution in [0, 0.1) is 0 Å². The topological polar surface area (TPSA) is 16.3 Å². The first-order chi connectivity index (χ1) is 49.5. The molecule has 0 aliphatic carbocycles. The zero-order valence-corrected chi connectivity index (χ0v) is 41.9. The summed E-state index contributed by atoms with van der Waals surface area (Å²) >= 11 is 0. The summed E-state index contributed by atoms with van der Waals surface area (Å²) in [6.07, 6.45) is 0. The molecule has 0 saturated carbocycles. The molecule has 75 heavy (non-hydrogen) atoms. The van der Waals surface area contributed by atoms with E-state index in [1.807, 2.05) is 0 Å². The van der Waals surface area contributed by atoms with Gasteiger partial charge in [-0.25, -0.2) is 0 Å². The molecule has 10 aromatic carbocycles. The molecule has 0 atom stereocenters. The normalized spacial score (nSPS) is 19.8. The summed E-state index contributed by atoms with van der Waals surface area (Å²) in [7, 11) is 0. The minimum absolute atomic E-state index is 0.00322. The average Bonchev–Trinajstić information content (AvgIpc) is 1.65. The molecule has 0 unspecified atom stereocenters. The molecule has 0 amide bonds. The Morgan fingerprint density at radius 2 is 0.947 bits per heavy atom. The molecule has 15 rings (SSSR count). The fourth-order valence-corrected chi connectivity index (χ4v) is 10.5. The van der Waals surface area contributed by atoms with Gasteiger partial charge >= 0.3 is 0 Å². The lowest BCUT2D eigenvalue weighted by Gasteiger charge is -2.47.